The zero-order valence-corrected chi connectivity index (χ0v) is 21.9. The first kappa shape index (κ1) is 28.6. The number of aryl methyl sites for hydroxylation is 1. The quantitative estimate of drug-likeness (QED) is 0.159. The summed E-state index contributed by atoms with van der Waals surface area (Å²) in [5.74, 6) is -1.16. The molecule has 4 heterocycles. The lowest BCUT2D eigenvalue weighted by Crippen LogP contribution is -2.33. The van der Waals surface area contributed by atoms with Crippen molar-refractivity contribution < 1.29 is 57.1 Å². The average Bonchev–Trinajstić information content (AvgIpc) is 3.49. The molecule has 0 aliphatic carbocycles. The molecular weight excluding hydrogens is 574 g/mol. The Labute approximate surface area is 216 Å². The van der Waals surface area contributed by atoms with Gasteiger partial charge in [0, 0.05) is 11.3 Å². The molecule has 1 saturated heterocycles. The number of rotatable bonds is 11. The van der Waals surface area contributed by atoms with E-state index in [1.54, 1.807) is 6.92 Å². The Kier molecular flexibility index (Phi) is 8.27. The summed E-state index contributed by atoms with van der Waals surface area (Å²) in [7, 11) is -10.3. The van der Waals surface area contributed by atoms with Crippen molar-refractivity contribution >= 4 is 49.9 Å². The fourth-order valence-electron chi connectivity index (χ4n) is 3.50. The minimum atomic E-state index is -5.22. The van der Waals surface area contributed by atoms with Crippen LogP contribution in [0.15, 0.2) is 12.7 Å². The van der Waals surface area contributed by atoms with E-state index in [2.05, 4.69) is 28.8 Å². The molecule has 1 fully saturated rings. The molecule has 4 rings (SSSR count). The number of aromatic carboxylic acids is 1. The second-order valence-electron chi connectivity index (χ2n) is 7.86. The van der Waals surface area contributed by atoms with Crippen molar-refractivity contribution in [2.24, 2.45) is 0 Å². The molecule has 0 radical (unpaired) electrons. The molecule has 208 valence electrons. The number of ether oxygens (including phenoxy) is 1. The second kappa shape index (κ2) is 11.0. The lowest BCUT2D eigenvalue weighted by molar-refractivity contribution is -0.0504. The van der Waals surface area contributed by atoms with Crippen molar-refractivity contribution in [1.29, 1.82) is 0 Å². The fraction of sp³-hybridized carbons (Fsp3) is 0.471. The summed E-state index contributed by atoms with van der Waals surface area (Å²) in [5, 5.41) is 29.6. The number of aromatic nitrogens is 5. The molecule has 0 aromatic carbocycles. The molecule has 3 aromatic rings. The highest BCUT2D eigenvalue weighted by Crippen LogP contribution is 2.60. The maximum absolute atomic E-state index is 12.2. The van der Waals surface area contributed by atoms with Crippen LogP contribution in [0, 0.1) is 6.92 Å². The molecule has 0 bridgehead atoms. The van der Waals surface area contributed by atoms with Crippen LogP contribution in [-0.2, 0) is 33.6 Å². The third-order valence-electron chi connectivity index (χ3n) is 5.27. The first-order valence-electron chi connectivity index (χ1n) is 10.6. The van der Waals surface area contributed by atoms with Gasteiger partial charge in [-0.25, -0.2) is 33.9 Å². The summed E-state index contributed by atoms with van der Waals surface area (Å²) in [5.41, 5.74) is 6.53. The zero-order chi connectivity index (χ0) is 27.8. The number of nitrogens with zero attached hydrogens (tertiary/aromatic N) is 5. The maximum Gasteiger partial charge on any atom is 0.481 e. The number of aliphatic hydroxyl groups excluding tert-OH is 2. The number of imidazole rings is 1. The third kappa shape index (κ3) is 6.24. The van der Waals surface area contributed by atoms with E-state index in [9.17, 15) is 33.9 Å². The van der Waals surface area contributed by atoms with E-state index in [0.717, 1.165) is 17.7 Å². The third-order valence-corrected chi connectivity index (χ3v) is 9.11. The summed E-state index contributed by atoms with van der Waals surface area (Å²) in [6.45, 7) is 0.244. The number of nitrogens with two attached hydrogens (primary N) is 1. The van der Waals surface area contributed by atoms with E-state index in [1.807, 2.05) is 0 Å². The Balaban J connectivity index is 1.32. The van der Waals surface area contributed by atoms with Crippen molar-refractivity contribution in [2.45, 2.75) is 37.9 Å². The van der Waals surface area contributed by atoms with Gasteiger partial charge < -0.3 is 35.6 Å². The highest BCUT2D eigenvalue weighted by Gasteiger charge is 2.46. The van der Waals surface area contributed by atoms with Gasteiger partial charge in [0.25, 0.3) is 0 Å². The SMILES string of the molecule is Cc1nc(C(=O)O)sc1CCOP(=O)(O)OP(=O)(O)OCC1OC(n2cnc3c(N)ncnc32)C(O)C1O. The van der Waals surface area contributed by atoms with Gasteiger partial charge in [0.15, 0.2) is 17.7 Å². The lowest BCUT2D eigenvalue weighted by Gasteiger charge is -2.19. The normalized spacial score (nSPS) is 24.9. The second-order valence-corrected chi connectivity index (χ2v) is 12.0. The molecule has 3 aromatic heterocycles. The van der Waals surface area contributed by atoms with Crippen LogP contribution in [-0.4, -0.2) is 87.1 Å². The number of fused-ring (bicyclic) bond motifs is 1. The first-order valence-corrected chi connectivity index (χ1v) is 14.4. The monoisotopic (exact) mass is 596 g/mol. The Hall–Kier alpha value is -2.41. The number of nitrogen functional groups attached to an aromatic ring is 1. The molecule has 7 N–H and O–H groups in total. The topological polar surface area (TPSA) is 272 Å². The predicted molar refractivity (Wildman–Crippen MR) is 126 cm³/mol. The van der Waals surface area contributed by atoms with Crippen molar-refractivity contribution in [3.63, 3.8) is 0 Å². The molecule has 1 aliphatic rings. The standard InChI is InChI=1S/C17H22N6O12P2S/c1-7-9(38-15(22-7)17(26)27)2-3-32-36(28,29)35-37(30,31)33-4-8-11(24)12(25)16(34-8)23-6-21-10-13(18)19-5-20-14(10)23/h5-6,8,11-12,16,24-25H,2-4H2,1H3,(H,26,27)(H,28,29)(H,30,31)(H2,18,19,20). The van der Waals surface area contributed by atoms with Crippen LogP contribution in [0.1, 0.15) is 26.6 Å². The van der Waals surface area contributed by atoms with E-state index >= 15 is 0 Å². The number of phosphoric acid groups is 2. The Morgan fingerprint density at radius 3 is 2.58 bits per heavy atom. The van der Waals surface area contributed by atoms with Gasteiger partial charge in [-0.1, -0.05) is 0 Å². The van der Waals surface area contributed by atoms with Gasteiger partial charge in [-0.05, 0) is 6.92 Å². The van der Waals surface area contributed by atoms with Crippen LogP contribution >= 0.6 is 27.0 Å². The maximum atomic E-state index is 12.2. The highest BCUT2D eigenvalue weighted by atomic mass is 32.1. The van der Waals surface area contributed by atoms with Crippen LogP contribution in [0.5, 0.6) is 0 Å². The highest BCUT2D eigenvalue weighted by molar-refractivity contribution is 7.61. The lowest BCUT2D eigenvalue weighted by atomic mass is 10.1. The van der Waals surface area contributed by atoms with E-state index in [1.165, 1.54) is 10.9 Å². The molecule has 6 atom stereocenters. The van der Waals surface area contributed by atoms with E-state index in [0.29, 0.717) is 10.6 Å². The number of carbonyl (C=O) groups is 1. The van der Waals surface area contributed by atoms with Crippen molar-refractivity contribution in [1.82, 2.24) is 24.5 Å². The Morgan fingerprint density at radius 1 is 1.18 bits per heavy atom. The molecule has 1 aliphatic heterocycles. The summed E-state index contributed by atoms with van der Waals surface area (Å²) in [6, 6.07) is 0. The largest absolute Gasteiger partial charge is 0.481 e. The summed E-state index contributed by atoms with van der Waals surface area (Å²) in [6.07, 6.45) is -3.37. The first-order chi connectivity index (χ1) is 17.8. The van der Waals surface area contributed by atoms with Crippen molar-refractivity contribution in [2.75, 3.05) is 18.9 Å². The number of hydrogen-bond donors (Lipinski definition) is 6. The number of phosphoric ester groups is 2. The molecule has 0 saturated carbocycles. The number of thiazole rings is 1. The van der Waals surface area contributed by atoms with Crippen molar-refractivity contribution in [3.05, 3.63) is 28.2 Å². The van der Waals surface area contributed by atoms with Gasteiger partial charge in [-0.2, -0.15) is 4.31 Å². The minimum absolute atomic E-state index is 0.0256. The van der Waals surface area contributed by atoms with E-state index < -0.39 is 59.4 Å². The summed E-state index contributed by atoms with van der Waals surface area (Å²) in [4.78, 5) is 46.8. The van der Waals surface area contributed by atoms with Gasteiger partial charge in [0.2, 0.25) is 5.01 Å². The van der Waals surface area contributed by atoms with Gasteiger partial charge in [-0.15, -0.1) is 11.3 Å². The Bertz CT molecular complexity index is 1430. The number of aliphatic hydroxyl groups is 2. The van der Waals surface area contributed by atoms with Gasteiger partial charge in [0.1, 0.15) is 30.2 Å². The number of anilines is 1. The van der Waals surface area contributed by atoms with Gasteiger partial charge >= 0.3 is 21.6 Å². The molecule has 6 unspecified atom stereocenters. The summed E-state index contributed by atoms with van der Waals surface area (Å²) >= 11 is 0.846. The molecule has 0 spiro atoms. The van der Waals surface area contributed by atoms with Gasteiger partial charge in [-0.3, -0.25) is 13.6 Å². The fourth-order valence-corrected chi connectivity index (χ4v) is 6.46. The molecule has 38 heavy (non-hydrogen) atoms. The minimum Gasteiger partial charge on any atom is -0.476 e. The number of hydrogen-bond acceptors (Lipinski definition) is 15. The number of carboxylic acid groups (broad SMARTS) is 1. The molecular formula is C17H22N6O12P2S. The average molecular weight is 596 g/mol. The zero-order valence-electron chi connectivity index (χ0n) is 19.3. The smallest absolute Gasteiger partial charge is 0.476 e. The van der Waals surface area contributed by atoms with Crippen LogP contribution in [0.2, 0.25) is 0 Å². The predicted octanol–water partition coefficient (Wildman–Crippen LogP) is -0.0159. The molecule has 21 heteroatoms. The van der Waals surface area contributed by atoms with Gasteiger partial charge in [0.05, 0.1) is 25.2 Å². The number of carboxylic acids is 1. The molecule has 0 amide bonds. The van der Waals surface area contributed by atoms with E-state index in [4.69, 9.17) is 20.1 Å². The van der Waals surface area contributed by atoms with Crippen LogP contribution in [0.25, 0.3) is 11.2 Å². The van der Waals surface area contributed by atoms with E-state index in [-0.39, 0.29) is 28.4 Å². The van der Waals surface area contributed by atoms with Crippen LogP contribution in [0.4, 0.5) is 5.82 Å². The Morgan fingerprint density at radius 2 is 1.89 bits per heavy atom. The molecule has 18 nitrogen and oxygen atoms in total. The van der Waals surface area contributed by atoms with Crippen LogP contribution in [0.3, 0.4) is 0 Å². The van der Waals surface area contributed by atoms with Crippen molar-refractivity contribution in [3.8, 4) is 0 Å². The summed E-state index contributed by atoms with van der Waals surface area (Å²) < 4.78 is 44.8. The van der Waals surface area contributed by atoms with Crippen LogP contribution < -0.4 is 5.73 Å².